The summed E-state index contributed by atoms with van der Waals surface area (Å²) >= 11 is 0. The molecule has 2 rings (SSSR count). The fourth-order valence-corrected chi connectivity index (χ4v) is 1.50. The van der Waals surface area contributed by atoms with Gasteiger partial charge in [0, 0.05) is 12.6 Å². The number of anilines is 1. The van der Waals surface area contributed by atoms with E-state index >= 15 is 0 Å². The number of nitro groups is 2. The zero-order valence-corrected chi connectivity index (χ0v) is 9.12. The summed E-state index contributed by atoms with van der Waals surface area (Å²) in [5.74, 6) is 0.423. The maximum Gasteiger partial charge on any atom is 0.299 e. The van der Waals surface area contributed by atoms with Crippen LogP contribution in [-0.4, -0.2) is 28.9 Å². The summed E-state index contributed by atoms with van der Waals surface area (Å²) in [6.45, 7) is 1.24. The van der Waals surface area contributed by atoms with Crippen molar-refractivity contribution in [1.82, 2.24) is 5.32 Å². The van der Waals surface area contributed by atoms with Gasteiger partial charge in [0.2, 0.25) is 0 Å². The molecule has 1 aliphatic heterocycles. The van der Waals surface area contributed by atoms with E-state index in [0.717, 1.165) is 6.07 Å². The first-order valence-corrected chi connectivity index (χ1v) is 5.06. The Bertz CT molecular complexity index is 542. The van der Waals surface area contributed by atoms with E-state index in [2.05, 4.69) is 15.6 Å². The molecule has 0 saturated carbocycles. The average Bonchev–Trinajstić information content (AvgIpc) is 2.81. The number of hydrogen-bond acceptors (Lipinski definition) is 7. The summed E-state index contributed by atoms with van der Waals surface area (Å²) in [5, 5.41) is 27.0. The molecule has 0 aromatic heterocycles. The van der Waals surface area contributed by atoms with E-state index in [1.807, 2.05) is 0 Å². The number of non-ortho nitro benzene ring substituents is 1. The Morgan fingerprint density at radius 2 is 2.06 bits per heavy atom. The van der Waals surface area contributed by atoms with Crippen LogP contribution in [0.15, 0.2) is 23.2 Å². The fraction of sp³-hybridized carbons (Fsp3) is 0.222. The highest BCUT2D eigenvalue weighted by Gasteiger charge is 2.20. The lowest BCUT2D eigenvalue weighted by molar-refractivity contribution is -0.393. The number of nitrogens with zero attached hydrogens (tertiary/aromatic N) is 3. The number of rotatable bonds is 3. The highest BCUT2D eigenvalue weighted by Crippen LogP contribution is 2.28. The van der Waals surface area contributed by atoms with Crippen molar-refractivity contribution in [3.05, 3.63) is 38.4 Å². The smallest absolute Gasteiger partial charge is 0.299 e. The van der Waals surface area contributed by atoms with E-state index in [1.165, 1.54) is 12.1 Å². The summed E-state index contributed by atoms with van der Waals surface area (Å²) in [6, 6.07) is 3.40. The molecule has 0 unspecified atom stereocenters. The summed E-state index contributed by atoms with van der Waals surface area (Å²) < 4.78 is 0. The molecule has 1 aromatic rings. The van der Waals surface area contributed by atoms with Crippen LogP contribution < -0.4 is 10.6 Å². The van der Waals surface area contributed by atoms with Crippen LogP contribution >= 0.6 is 0 Å². The third-order valence-corrected chi connectivity index (χ3v) is 2.32. The summed E-state index contributed by atoms with van der Waals surface area (Å²) in [4.78, 5) is 24.1. The minimum atomic E-state index is -0.678. The maximum atomic E-state index is 10.9. The van der Waals surface area contributed by atoms with Crippen LogP contribution in [-0.2, 0) is 0 Å². The first-order valence-electron chi connectivity index (χ1n) is 5.06. The Morgan fingerprint density at radius 3 is 2.61 bits per heavy atom. The molecule has 0 aliphatic carbocycles. The van der Waals surface area contributed by atoms with Gasteiger partial charge in [0.05, 0.1) is 22.5 Å². The van der Waals surface area contributed by atoms with E-state index in [1.54, 1.807) is 0 Å². The first kappa shape index (κ1) is 11.8. The van der Waals surface area contributed by atoms with Gasteiger partial charge in [0.1, 0.15) is 5.69 Å². The van der Waals surface area contributed by atoms with Crippen molar-refractivity contribution in [1.29, 1.82) is 0 Å². The zero-order valence-electron chi connectivity index (χ0n) is 9.12. The molecule has 9 heteroatoms. The van der Waals surface area contributed by atoms with Crippen molar-refractivity contribution in [2.45, 2.75) is 0 Å². The van der Waals surface area contributed by atoms with Gasteiger partial charge in [-0.1, -0.05) is 0 Å². The fourth-order valence-electron chi connectivity index (χ4n) is 1.50. The van der Waals surface area contributed by atoms with E-state index in [4.69, 9.17) is 0 Å². The van der Waals surface area contributed by atoms with Gasteiger partial charge in [-0.2, -0.15) is 0 Å². The Kier molecular flexibility index (Phi) is 3.04. The molecule has 0 spiro atoms. The number of aliphatic imine (C=N–C) groups is 1. The van der Waals surface area contributed by atoms with Crippen molar-refractivity contribution < 1.29 is 9.85 Å². The molecular weight excluding hydrogens is 242 g/mol. The van der Waals surface area contributed by atoms with Crippen LogP contribution in [0.4, 0.5) is 17.1 Å². The molecule has 1 heterocycles. The molecule has 1 aliphatic rings. The standard InChI is InChI=1S/C9H9N5O4/c15-13(16)6-1-2-7(8(5-6)14(17)18)12-9-10-3-4-11-9/h1-2,5H,3-4H2,(H2,10,11,12). The largest absolute Gasteiger partial charge is 0.354 e. The summed E-state index contributed by atoms with van der Waals surface area (Å²) in [6.07, 6.45) is 0. The molecule has 18 heavy (non-hydrogen) atoms. The van der Waals surface area contributed by atoms with Crippen LogP contribution in [0.25, 0.3) is 0 Å². The monoisotopic (exact) mass is 251 g/mol. The molecule has 9 nitrogen and oxygen atoms in total. The number of nitro benzene ring substituents is 2. The maximum absolute atomic E-state index is 10.9. The Morgan fingerprint density at radius 1 is 1.28 bits per heavy atom. The van der Waals surface area contributed by atoms with Gasteiger partial charge in [-0.15, -0.1) is 0 Å². The number of hydrogen-bond donors (Lipinski definition) is 2. The van der Waals surface area contributed by atoms with Crippen molar-refractivity contribution in [2.75, 3.05) is 18.4 Å². The van der Waals surface area contributed by atoms with Gasteiger partial charge in [0.25, 0.3) is 11.4 Å². The van der Waals surface area contributed by atoms with E-state index in [-0.39, 0.29) is 17.1 Å². The third-order valence-electron chi connectivity index (χ3n) is 2.32. The van der Waals surface area contributed by atoms with Crippen molar-refractivity contribution in [2.24, 2.45) is 4.99 Å². The number of guanidine groups is 1. The van der Waals surface area contributed by atoms with Crippen LogP contribution in [0.3, 0.4) is 0 Å². The van der Waals surface area contributed by atoms with Crippen molar-refractivity contribution >= 4 is 23.0 Å². The SMILES string of the molecule is O=[N+]([O-])c1ccc(NC2=NCCN2)c([N+](=O)[O-])c1. The lowest BCUT2D eigenvalue weighted by Gasteiger charge is -2.06. The quantitative estimate of drug-likeness (QED) is 0.607. The minimum absolute atomic E-state index is 0.166. The molecule has 1 aromatic carbocycles. The second-order valence-corrected chi connectivity index (χ2v) is 3.50. The van der Waals surface area contributed by atoms with Gasteiger partial charge in [0.15, 0.2) is 5.96 Å². The second kappa shape index (κ2) is 4.65. The Labute approximate surface area is 101 Å². The van der Waals surface area contributed by atoms with E-state index in [0.29, 0.717) is 19.0 Å². The predicted octanol–water partition coefficient (Wildman–Crippen LogP) is 0.874. The summed E-state index contributed by atoms with van der Waals surface area (Å²) in [7, 11) is 0. The Hall–Kier alpha value is -2.71. The highest BCUT2D eigenvalue weighted by atomic mass is 16.6. The molecule has 0 atom stereocenters. The predicted molar refractivity (Wildman–Crippen MR) is 63.7 cm³/mol. The molecule has 0 fully saturated rings. The molecule has 0 amide bonds. The second-order valence-electron chi connectivity index (χ2n) is 3.50. The lowest BCUT2D eigenvalue weighted by Crippen LogP contribution is -2.26. The zero-order chi connectivity index (χ0) is 13.1. The molecular formula is C9H9N5O4. The van der Waals surface area contributed by atoms with Crippen LogP contribution in [0.1, 0.15) is 0 Å². The van der Waals surface area contributed by atoms with Crippen molar-refractivity contribution in [3.8, 4) is 0 Å². The van der Waals surface area contributed by atoms with Gasteiger partial charge in [-0.3, -0.25) is 25.2 Å². The van der Waals surface area contributed by atoms with Crippen LogP contribution in [0.2, 0.25) is 0 Å². The number of nitrogens with one attached hydrogen (secondary N) is 2. The number of benzene rings is 1. The van der Waals surface area contributed by atoms with Gasteiger partial charge in [-0.05, 0) is 6.07 Å². The normalized spacial score (nSPS) is 13.7. The highest BCUT2D eigenvalue weighted by molar-refractivity contribution is 5.96. The van der Waals surface area contributed by atoms with Crippen LogP contribution in [0, 0.1) is 20.2 Å². The van der Waals surface area contributed by atoms with Crippen molar-refractivity contribution in [3.63, 3.8) is 0 Å². The van der Waals surface area contributed by atoms with Gasteiger partial charge in [-0.25, -0.2) is 0 Å². The molecule has 2 N–H and O–H groups in total. The molecule has 94 valence electrons. The molecule has 0 radical (unpaired) electrons. The van der Waals surface area contributed by atoms with Gasteiger partial charge < -0.3 is 10.6 Å². The molecule has 0 saturated heterocycles. The Balaban J connectivity index is 2.34. The lowest BCUT2D eigenvalue weighted by atomic mass is 10.2. The molecule has 0 bridgehead atoms. The minimum Gasteiger partial charge on any atom is -0.354 e. The third kappa shape index (κ3) is 2.34. The van der Waals surface area contributed by atoms with E-state index in [9.17, 15) is 20.2 Å². The van der Waals surface area contributed by atoms with Crippen LogP contribution in [0.5, 0.6) is 0 Å². The summed E-state index contributed by atoms with van der Waals surface area (Å²) in [5.41, 5.74) is -0.520. The van der Waals surface area contributed by atoms with Gasteiger partial charge >= 0.3 is 0 Å². The first-order chi connectivity index (χ1) is 8.58. The topological polar surface area (TPSA) is 123 Å². The van der Waals surface area contributed by atoms with E-state index < -0.39 is 9.85 Å². The average molecular weight is 251 g/mol.